The molecule has 2 nitrogen and oxygen atoms in total. The normalized spacial score (nSPS) is 9.92. The predicted octanol–water partition coefficient (Wildman–Crippen LogP) is 2.31. The summed E-state index contributed by atoms with van der Waals surface area (Å²) in [5.74, 6) is 0. The van der Waals surface area contributed by atoms with Gasteiger partial charge in [-0.05, 0) is 24.6 Å². The van der Waals surface area contributed by atoms with Crippen molar-refractivity contribution in [2.24, 2.45) is 5.73 Å². The molecule has 0 unspecified atom stereocenters. The lowest BCUT2D eigenvalue weighted by Crippen LogP contribution is -2.01. The molecular formula is C11H16N2. The van der Waals surface area contributed by atoms with Gasteiger partial charge in [0.1, 0.15) is 0 Å². The highest BCUT2D eigenvalue weighted by Crippen LogP contribution is 2.17. The van der Waals surface area contributed by atoms with Gasteiger partial charge in [-0.1, -0.05) is 25.6 Å². The number of rotatable bonds is 2. The van der Waals surface area contributed by atoms with E-state index in [0.717, 1.165) is 6.42 Å². The molecule has 0 amide bonds. The molecule has 3 N–H and O–H groups in total. The van der Waals surface area contributed by atoms with Crippen molar-refractivity contribution in [3.63, 3.8) is 0 Å². The van der Waals surface area contributed by atoms with E-state index in [4.69, 9.17) is 5.73 Å². The second-order valence-electron chi connectivity index (χ2n) is 2.90. The third kappa shape index (κ3) is 1.73. The largest absolute Gasteiger partial charge is 0.361 e. The molecule has 70 valence electrons. The van der Waals surface area contributed by atoms with E-state index >= 15 is 0 Å². The lowest BCUT2D eigenvalue weighted by Gasteiger charge is -1.93. The Balaban J connectivity index is 0.000000845. The number of nitrogens with one attached hydrogen (secondary N) is 1. The minimum Gasteiger partial charge on any atom is -0.361 e. The van der Waals surface area contributed by atoms with Crippen LogP contribution in [-0.2, 0) is 6.42 Å². The van der Waals surface area contributed by atoms with Crippen LogP contribution >= 0.6 is 0 Å². The molecular weight excluding hydrogens is 160 g/mol. The van der Waals surface area contributed by atoms with Gasteiger partial charge in [-0.25, -0.2) is 0 Å². The Morgan fingerprint density at radius 2 is 2.00 bits per heavy atom. The molecule has 0 aliphatic carbocycles. The first-order valence-electron chi connectivity index (χ1n) is 4.17. The molecule has 0 saturated carbocycles. The first-order valence-corrected chi connectivity index (χ1v) is 4.17. The predicted molar refractivity (Wildman–Crippen MR) is 57.8 cm³/mol. The Kier molecular flexibility index (Phi) is 3.09. The van der Waals surface area contributed by atoms with Crippen LogP contribution in [0.15, 0.2) is 30.5 Å². The Hall–Kier alpha value is -1.28. The van der Waals surface area contributed by atoms with E-state index in [1.165, 1.54) is 16.5 Å². The molecule has 0 radical (unpaired) electrons. The molecule has 0 atom stereocenters. The number of benzene rings is 1. The van der Waals surface area contributed by atoms with Crippen LogP contribution in [0, 0.1) is 0 Å². The fraction of sp³-hybridized carbons (Fsp3) is 0.273. The Labute approximate surface area is 78.8 Å². The number of para-hydroxylation sites is 1. The first-order chi connectivity index (χ1) is 5.92. The van der Waals surface area contributed by atoms with Crippen molar-refractivity contribution in [2.45, 2.75) is 13.8 Å². The van der Waals surface area contributed by atoms with Crippen LogP contribution in [0.5, 0.6) is 0 Å². The van der Waals surface area contributed by atoms with E-state index in [2.05, 4.69) is 23.2 Å². The minimum absolute atomic E-state index is 0. The van der Waals surface area contributed by atoms with Crippen molar-refractivity contribution in [2.75, 3.05) is 6.54 Å². The zero-order chi connectivity index (χ0) is 8.39. The van der Waals surface area contributed by atoms with Crippen molar-refractivity contribution in [1.29, 1.82) is 0 Å². The van der Waals surface area contributed by atoms with Gasteiger partial charge < -0.3 is 10.7 Å². The summed E-state index contributed by atoms with van der Waals surface area (Å²) in [5, 5.41) is 1.29. The maximum Gasteiger partial charge on any atom is 0.0456 e. The van der Waals surface area contributed by atoms with Crippen LogP contribution in [0.4, 0.5) is 0 Å². The number of fused-ring (bicyclic) bond motifs is 1. The molecule has 2 rings (SSSR count). The molecule has 0 spiro atoms. The molecule has 0 bridgehead atoms. The topological polar surface area (TPSA) is 41.8 Å². The second kappa shape index (κ2) is 4.10. The van der Waals surface area contributed by atoms with Gasteiger partial charge >= 0.3 is 0 Å². The Bertz CT molecular complexity index is 376. The molecule has 0 aliphatic heterocycles. The van der Waals surface area contributed by atoms with E-state index in [-0.39, 0.29) is 7.43 Å². The van der Waals surface area contributed by atoms with Gasteiger partial charge in [0, 0.05) is 17.1 Å². The standard InChI is InChI=1S/C10H12N2.CH4/c11-6-5-8-7-12-10-4-2-1-3-9(8)10;/h1-4,7,12H,5-6,11H2;1H4. The number of hydrogen-bond acceptors (Lipinski definition) is 1. The quantitative estimate of drug-likeness (QED) is 0.724. The Morgan fingerprint density at radius 1 is 1.23 bits per heavy atom. The average Bonchev–Trinajstić information content (AvgIpc) is 2.50. The van der Waals surface area contributed by atoms with E-state index in [9.17, 15) is 0 Å². The van der Waals surface area contributed by atoms with Crippen LogP contribution in [-0.4, -0.2) is 11.5 Å². The van der Waals surface area contributed by atoms with Gasteiger partial charge in [-0.3, -0.25) is 0 Å². The lowest BCUT2D eigenvalue weighted by atomic mass is 10.1. The molecule has 1 aromatic carbocycles. The highest BCUT2D eigenvalue weighted by atomic mass is 14.7. The van der Waals surface area contributed by atoms with Crippen molar-refractivity contribution < 1.29 is 0 Å². The molecule has 2 heteroatoms. The summed E-state index contributed by atoms with van der Waals surface area (Å²) in [5.41, 5.74) is 8.01. The highest BCUT2D eigenvalue weighted by molar-refractivity contribution is 5.82. The molecule has 2 aromatic rings. The van der Waals surface area contributed by atoms with Gasteiger partial charge in [0.15, 0.2) is 0 Å². The minimum atomic E-state index is 0. The molecule has 1 heterocycles. The number of aromatic amines is 1. The maximum atomic E-state index is 5.50. The van der Waals surface area contributed by atoms with Crippen LogP contribution in [0.2, 0.25) is 0 Å². The maximum absolute atomic E-state index is 5.50. The van der Waals surface area contributed by atoms with Crippen LogP contribution in [0.25, 0.3) is 10.9 Å². The number of H-pyrrole nitrogens is 1. The van der Waals surface area contributed by atoms with Gasteiger partial charge in [0.05, 0.1) is 0 Å². The van der Waals surface area contributed by atoms with Crippen molar-refractivity contribution in [1.82, 2.24) is 4.98 Å². The summed E-state index contributed by atoms with van der Waals surface area (Å²) in [7, 11) is 0. The summed E-state index contributed by atoms with van der Waals surface area (Å²) < 4.78 is 0. The van der Waals surface area contributed by atoms with Crippen LogP contribution in [0.1, 0.15) is 13.0 Å². The number of nitrogens with two attached hydrogens (primary N) is 1. The monoisotopic (exact) mass is 176 g/mol. The van der Waals surface area contributed by atoms with Gasteiger partial charge in [-0.15, -0.1) is 0 Å². The van der Waals surface area contributed by atoms with E-state index in [1.54, 1.807) is 0 Å². The van der Waals surface area contributed by atoms with Gasteiger partial charge in [0.2, 0.25) is 0 Å². The summed E-state index contributed by atoms with van der Waals surface area (Å²) in [6.07, 6.45) is 2.99. The third-order valence-electron chi connectivity index (χ3n) is 2.09. The van der Waals surface area contributed by atoms with Crippen LogP contribution < -0.4 is 5.73 Å². The molecule has 0 aliphatic rings. The van der Waals surface area contributed by atoms with Gasteiger partial charge in [0.25, 0.3) is 0 Å². The van der Waals surface area contributed by atoms with Crippen LogP contribution in [0.3, 0.4) is 0 Å². The average molecular weight is 176 g/mol. The molecule has 1 aromatic heterocycles. The second-order valence-corrected chi connectivity index (χ2v) is 2.90. The fourth-order valence-electron chi connectivity index (χ4n) is 1.49. The lowest BCUT2D eigenvalue weighted by molar-refractivity contribution is 0.976. The van der Waals surface area contributed by atoms with Crippen molar-refractivity contribution in [3.8, 4) is 0 Å². The third-order valence-corrected chi connectivity index (χ3v) is 2.09. The SMILES string of the molecule is C.NCCc1c[nH]c2ccccc12. The van der Waals surface area contributed by atoms with Crippen molar-refractivity contribution >= 4 is 10.9 Å². The van der Waals surface area contributed by atoms with Crippen molar-refractivity contribution in [3.05, 3.63) is 36.0 Å². The summed E-state index contributed by atoms with van der Waals surface area (Å²) in [6.45, 7) is 0.710. The smallest absolute Gasteiger partial charge is 0.0456 e. The van der Waals surface area contributed by atoms with E-state index in [0.29, 0.717) is 6.54 Å². The number of aromatic nitrogens is 1. The summed E-state index contributed by atoms with van der Waals surface area (Å²) in [4.78, 5) is 3.22. The highest BCUT2D eigenvalue weighted by Gasteiger charge is 1.99. The zero-order valence-electron chi connectivity index (χ0n) is 6.88. The zero-order valence-corrected chi connectivity index (χ0v) is 6.88. The Morgan fingerprint density at radius 3 is 2.77 bits per heavy atom. The first kappa shape index (κ1) is 9.81. The van der Waals surface area contributed by atoms with Gasteiger partial charge in [-0.2, -0.15) is 0 Å². The molecule has 0 saturated heterocycles. The number of hydrogen-bond donors (Lipinski definition) is 2. The molecule has 0 fully saturated rings. The summed E-state index contributed by atoms with van der Waals surface area (Å²) >= 11 is 0. The van der Waals surface area contributed by atoms with E-state index < -0.39 is 0 Å². The summed E-state index contributed by atoms with van der Waals surface area (Å²) in [6, 6.07) is 8.29. The fourth-order valence-corrected chi connectivity index (χ4v) is 1.49. The van der Waals surface area contributed by atoms with E-state index in [1.807, 2.05) is 12.3 Å². The molecule has 13 heavy (non-hydrogen) atoms.